The topological polar surface area (TPSA) is 65.3 Å². The van der Waals surface area contributed by atoms with Gasteiger partial charge >= 0.3 is 0 Å². The molecule has 0 spiro atoms. The maximum Gasteiger partial charge on any atom is 0.263 e. The van der Waals surface area contributed by atoms with Gasteiger partial charge in [-0.3, -0.25) is 9.59 Å². The van der Waals surface area contributed by atoms with E-state index in [4.69, 9.17) is 0 Å². The summed E-state index contributed by atoms with van der Waals surface area (Å²) in [5.41, 5.74) is 4.35. The summed E-state index contributed by atoms with van der Waals surface area (Å²) in [5.74, 6) is -0.624. The molecule has 1 fully saturated rings. The van der Waals surface area contributed by atoms with E-state index >= 15 is 0 Å². The average molecular weight is 413 g/mol. The summed E-state index contributed by atoms with van der Waals surface area (Å²) in [6.07, 6.45) is 0. The smallest absolute Gasteiger partial charge is 0.263 e. The molecule has 2 aromatic carbocycles. The van der Waals surface area contributed by atoms with Crippen LogP contribution in [0.2, 0.25) is 0 Å². The molecule has 2 heterocycles. The molecule has 2 aromatic rings. The van der Waals surface area contributed by atoms with E-state index < -0.39 is 12.1 Å². The van der Waals surface area contributed by atoms with Gasteiger partial charge in [-0.15, -0.1) is 0 Å². The number of fused-ring (bicyclic) bond motifs is 1. The van der Waals surface area contributed by atoms with Crippen molar-refractivity contribution in [3.63, 3.8) is 0 Å². The number of carbonyl (C=O) groups is 2. The molecule has 6 nitrogen and oxygen atoms in total. The summed E-state index contributed by atoms with van der Waals surface area (Å²) < 4.78 is 0.972. The molecule has 132 valence electrons. The molecule has 0 saturated carbocycles. The van der Waals surface area contributed by atoms with Crippen LogP contribution in [-0.2, 0) is 9.59 Å². The molecule has 0 radical (unpaired) electrons. The van der Waals surface area contributed by atoms with Crippen LogP contribution in [0.4, 0.5) is 11.4 Å². The number of hydrogen-bond acceptors (Lipinski definition) is 5. The van der Waals surface area contributed by atoms with Crippen LogP contribution in [0.3, 0.4) is 0 Å². The lowest BCUT2D eigenvalue weighted by Crippen LogP contribution is -2.40. The molecule has 0 aliphatic carbocycles. The maximum atomic E-state index is 13.1. The number of hydrogen-bond donors (Lipinski definition) is 0. The second-order valence-electron chi connectivity index (χ2n) is 6.73. The van der Waals surface area contributed by atoms with Crippen LogP contribution in [0.25, 0.3) is 0 Å². The van der Waals surface area contributed by atoms with Gasteiger partial charge in [0, 0.05) is 4.47 Å². The van der Waals surface area contributed by atoms with Crippen LogP contribution < -0.4 is 9.91 Å². The highest BCUT2D eigenvalue weighted by Crippen LogP contribution is 2.36. The fraction of sp³-hybridized carbons (Fsp3) is 0.263. The molecule has 0 bridgehead atoms. The molecule has 4 rings (SSSR count). The summed E-state index contributed by atoms with van der Waals surface area (Å²) >= 11 is 3.47. The van der Waals surface area contributed by atoms with Crippen molar-refractivity contribution in [2.45, 2.75) is 32.9 Å². The van der Waals surface area contributed by atoms with E-state index in [2.05, 4.69) is 26.3 Å². The van der Waals surface area contributed by atoms with Gasteiger partial charge in [-0.2, -0.15) is 5.11 Å². The quantitative estimate of drug-likeness (QED) is 0.703. The Bertz CT molecular complexity index is 952. The monoisotopic (exact) mass is 412 g/mol. The summed E-state index contributed by atoms with van der Waals surface area (Å²) in [4.78, 5) is 27.2. The molecule has 0 unspecified atom stereocenters. The Balaban J connectivity index is 1.72. The summed E-state index contributed by atoms with van der Waals surface area (Å²) in [6, 6.07) is 9.83. The number of nitrogens with zero attached hydrogens (tertiary/aromatic N) is 4. The minimum Gasteiger partial charge on any atom is -0.271 e. The first-order valence-electron chi connectivity index (χ1n) is 8.29. The normalized spacial score (nSPS) is 21.7. The van der Waals surface area contributed by atoms with Gasteiger partial charge in [-0.1, -0.05) is 27.2 Å². The highest BCUT2D eigenvalue weighted by molar-refractivity contribution is 9.10. The number of amides is 2. The molecular formula is C19H17BrN4O2. The van der Waals surface area contributed by atoms with Crippen LogP contribution >= 0.6 is 15.9 Å². The van der Waals surface area contributed by atoms with Crippen LogP contribution in [0.15, 0.2) is 51.2 Å². The third kappa shape index (κ3) is 2.54. The molecule has 2 atom stereocenters. The third-order valence-corrected chi connectivity index (χ3v) is 5.54. The van der Waals surface area contributed by atoms with Crippen molar-refractivity contribution in [2.75, 3.05) is 9.91 Å². The van der Waals surface area contributed by atoms with Gasteiger partial charge in [-0.05, 0) is 67.8 Å². The minimum atomic E-state index is -0.799. The minimum absolute atomic E-state index is 0.296. The van der Waals surface area contributed by atoms with Crippen molar-refractivity contribution in [3.05, 3.63) is 57.6 Å². The van der Waals surface area contributed by atoms with Crippen molar-refractivity contribution in [3.8, 4) is 0 Å². The van der Waals surface area contributed by atoms with Gasteiger partial charge in [-0.25, -0.2) is 9.91 Å². The Labute approximate surface area is 159 Å². The number of rotatable bonds is 2. The zero-order valence-electron chi connectivity index (χ0n) is 14.6. The maximum absolute atomic E-state index is 13.1. The van der Waals surface area contributed by atoms with Crippen LogP contribution in [0.1, 0.15) is 16.7 Å². The van der Waals surface area contributed by atoms with E-state index in [9.17, 15) is 9.59 Å². The highest BCUT2D eigenvalue weighted by Gasteiger charge is 2.55. The van der Waals surface area contributed by atoms with Crippen LogP contribution in [0, 0.1) is 20.8 Å². The second kappa shape index (κ2) is 6.02. The average Bonchev–Trinajstić information content (AvgIpc) is 3.10. The van der Waals surface area contributed by atoms with E-state index in [1.54, 1.807) is 5.01 Å². The van der Waals surface area contributed by atoms with Crippen molar-refractivity contribution >= 4 is 39.1 Å². The lowest BCUT2D eigenvalue weighted by molar-refractivity contribution is -0.121. The standard InChI is InChI=1S/C19H17BrN4O2/c1-10-6-11(2)8-14(7-10)23-18(25)16-17(19(23)26)24(22-21-16)13-4-5-15(20)12(3)9-13/h4-9,16-17H,1-3H3/t16-,17-/m0/s1. The first-order valence-corrected chi connectivity index (χ1v) is 9.08. The molecule has 7 heteroatoms. The third-order valence-electron chi connectivity index (χ3n) is 4.65. The molecule has 26 heavy (non-hydrogen) atoms. The van der Waals surface area contributed by atoms with Crippen LogP contribution in [0.5, 0.6) is 0 Å². The Morgan fingerprint density at radius 1 is 0.923 bits per heavy atom. The molecule has 2 amide bonds. The number of carbonyl (C=O) groups excluding carboxylic acids is 2. The Morgan fingerprint density at radius 3 is 2.27 bits per heavy atom. The second-order valence-corrected chi connectivity index (χ2v) is 7.58. The molecule has 1 saturated heterocycles. The highest BCUT2D eigenvalue weighted by atomic mass is 79.9. The fourth-order valence-electron chi connectivity index (χ4n) is 3.48. The van der Waals surface area contributed by atoms with Gasteiger partial charge in [0.25, 0.3) is 11.8 Å². The van der Waals surface area contributed by atoms with Crippen molar-refractivity contribution in [2.24, 2.45) is 10.3 Å². The molecule has 2 aliphatic heterocycles. The Hall–Kier alpha value is -2.54. The van der Waals surface area contributed by atoms with E-state index in [1.807, 2.05) is 57.2 Å². The lowest BCUT2D eigenvalue weighted by Gasteiger charge is -2.21. The first-order chi connectivity index (χ1) is 12.4. The zero-order chi connectivity index (χ0) is 18.6. The van der Waals surface area contributed by atoms with Gasteiger partial charge in [0.05, 0.1) is 11.4 Å². The Kier molecular flexibility index (Phi) is 3.91. The van der Waals surface area contributed by atoms with E-state index in [0.717, 1.165) is 26.9 Å². The van der Waals surface area contributed by atoms with Gasteiger partial charge in [0.15, 0.2) is 12.1 Å². The molecule has 0 aromatic heterocycles. The number of anilines is 2. The van der Waals surface area contributed by atoms with Crippen LogP contribution in [-0.4, -0.2) is 23.9 Å². The van der Waals surface area contributed by atoms with Crippen molar-refractivity contribution in [1.29, 1.82) is 0 Å². The molecular weight excluding hydrogens is 396 g/mol. The van der Waals surface area contributed by atoms with Crippen molar-refractivity contribution < 1.29 is 9.59 Å². The van der Waals surface area contributed by atoms with E-state index in [1.165, 1.54) is 4.90 Å². The van der Waals surface area contributed by atoms with Gasteiger partial charge in [0.1, 0.15) is 0 Å². The Morgan fingerprint density at radius 2 is 1.62 bits per heavy atom. The van der Waals surface area contributed by atoms with Gasteiger partial charge in [0.2, 0.25) is 0 Å². The summed E-state index contributed by atoms with van der Waals surface area (Å²) in [5, 5.41) is 9.74. The lowest BCUT2D eigenvalue weighted by atomic mass is 10.1. The largest absolute Gasteiger partial charge is 0.271 e. The van der Waals surface area contributed by atoms with Gasteiger partial charge < -0.3 is 0 Å². The first kappa shape index (κ1) is 16.9. The number of aryl methyl sites for hydroxylation is 3. The molecule has 0 N–H and O–H groups in total. The van der Waals surface area contributed by atoms with E-state index in [0.29, 0.717) is 5.69 Å². The predicted octanol–water partition coefficient (Wildman–Crippen LogP) is 3.87. The molecule has 2 aliphatic rings. The number of halogens is 1. The van der Waals surface area contributed by atoms with E-state index in [-0.39, 0.29) is 11.8 Å². The summed E-state index contributed by atoms with van der Waals surface area (Å²) in [6.45, 7) is 5.85. The SMILES string of the molecule is Cc1cc(C)cc(N2C(=O)[C@H]3N=NN(c4ccc(Br)c(C)c4)[C@@H]3C2=O)c1. The predicted molar refractivity (Wildman–Crippen MR) is 102 cm³/mol. The van der Waals surface area contributed by atoms with Crippen molar-refractivity contribution in [1.82, 2.24) is 0 Å². The zero-order valence-corrected chi connectivity index (χ0v) is 16.2. The number of benzene rings is 2. The summed E-state index contributed by atoms with van der Waals surface area (Å²) in [7, 11) is 0. The fourth-order valence-corrected chi connectivity index (χ4v) is 3.73. The number of imide groups is 1.